The Morgan fingerprint density at radius 3 is 2.47 bits per heavy atom. The second-order valence-corrected chi connectivity index (χ2v) is 6.25. The summed E-state index contributed by atoms with van der Waals surface area (Å²) >= 11 is 5.72. The summed E-state index contributed by atoms with van der Waals surface area (Å²) in [7, 11) is 0. The van der Waals surface area contributed by atoms with Crippen LogP contribution in [0.4, 0.5) is 0 Å². The van der Waals surface area contributed by atoms with E-state index in [-0.39, 0.29) is 0 Å². The third-order valence-corrected chi connectivity index (χ3v) is 5.57. The summed E-state index contributed by atoms with van der Waals surface area (Å²) in [5.41, 5.74) is 0.473. The van der Waals surface area contributed by atoms with Gasteiger partial charge >= 0.3 is 0 Å². The van der Waals surface area contributed by atoms with Gasteiger partial charge in [-0.05, 0) is 30.4 Å². The van der Waals surface area contributed by atoms with E-state index in [0.717, 1.165) is 16.8 Å². The molecule has 0 aliphatic heterocycles. The first kappa shape index (κ1) is 15.2. The average molecular weight is 319 g/mol. The molecule has 0 atom stereocenters. The third-order valence-electron chi connectivity index (χ3n) is 3.08. The number of hydrogen-bond donors (Lipinski definition) is 0. The van der Waals surface area contributed by atoms with E-state index in [0.29, 0.717) is 5.41 Å². The van der Waals surface area contributed by atoms with Crippen LogP contribution in [0.15, 0.2) is 22.8 Å². The Kier molecular flexibility index (Phi) is 7.36. The van der Waals surface area contributed by atoms with Gasteiger partial charge in [0.25, 0.3) is 0 Å². The smallest absolute Gasteiger partial charge is 0.113 e. The van der Waals surface area contributed by atoms with Crippen molar-refractivity contribution in [3.8, 4) is 0 Å². The zero-order chi connectivity index (χ0) is 12.6. The zero-order valence-corrected chi connectivity index (χ0v) is 13.3. The van der Waals surface area contributed by atoms with Gasteiger partial charge in [-0.25, -0.2) is 0 Å². The molecule has 3 heteroatoms. The molecule has 1 aromatic heterocycles. The molecule has 0 fully saturated rings. The van der Waals surface area contributed by atoms with Crippen molar-refractivity contribution in [2.45, 2.75) is 45.3 Å². The van der Waals surface area contributed by atoms with Gasteiger partial charge in [-0.15, -0.1) is 0 Å². The molecule has 0 aliphatic rings. The predicted molar refractivity (Wildman–Crippen MR) is 80.9 cm³/mol. The molecule has 0 bridgehead atoms. The van der Waals surface area contributed by atoms with E-state index in [4.69, 9.17) is 4.42 Å². The normalized spacial score (nSPS) is 11.9. The first-order chi connectivity index (χ1) is 8.26. The van der Waals surface area contributed by atoms with Crippen LogP contribution in [0, 0.1) is 5.41 Å². The van der Waals surface area contributed by atoms with Gasteiger partial charge in [0.2, 0.25) is 0 Å². The lowest BCUT2D eigenvalue weighted by Crippen LogP contribution is -2.25. The second-order valence-electron chi connectivity index (χ2n) is 4.71. The molecule has 17 heavy (non-hydrogen) atoms. The molecule has 0 aromatic carbocycles. The van der Waals surface area contributed by atoms with Crippen molar-refractivity contribution >= 4 is 27.7 Å². The highest BCUT2D eigenvalue weighted by Crippen LogP contribution is 2.36. The van der Waals surface area contributed by atoms with E-state index in [1.807, 2.05) is 17.8 Å². The molecule has 0 N–H and O–H groups in total. The van der Waals surface area contributed by atoms with E-state index in [2.05, 4.69) is 35.8 Å². The van der Waals surface area contributed by atoms with E-state index in [1.54, 1.807) is 6.26 Å². The molecule has 0 radical (unpaired) electrons. The van der Waals surface area contributed by atoms with Crippen LogP contribution in [0.25, 0.3) is 0 Å². The van der Waals surface area contributed by atoms with Crippen LogP contribution in [0.5, 0.6) is 0 Å². The molecule has 1 aromatic rings. The summed E-state index contributed by atoms with van der Waals surface area (Å²) in [4.78, 5) is 0. The summed E-state index contributed by atoms with van der Waals surface area (Å²) in [6, 6.07) is 4.02. The zero-order valence-electron chi connectivity index (χ0n) is 10.9. The highest BCUT2D eigenvalue weighted by atomic mass is 79.9. The lowest BCUT2D eigenvalue weighted by atomic mass is 9.83. The van der Waals surface area contributed by atoms with Crippen LogP contribution in [-0.4, -0.2) is 11.1 Å². The van der Waals surface area contributed by atoms with Crippen LogP contribution in [0.2, 0.25) is 0 Å². The summed E-state index contributed by atoms with van der Waals surface area (Å²) in [6.45, 7) is 4.56. The van der Waals surface area contributed by atoms with Crippen molar-refractivity contribution in [2.24, 2.45) is 5.41 Å². The Morgan fingerprint density at radius 1 is 1.29 bits per heavy atom. The van der Waals surface area contributed by atoms with Crippen molar-refractivity contribution in [3.63, 3.8) is 0 Å². The molecule has 98 valence electrons. The van der Waals surface area contributed by atoms with Crippen molar-refractivity contribution in [1.82, 2.24) is 0 Å². The van der Waals surface area contributed by atoms with Crippen molar-refractivity contribution in [2.75, 3.05) is 11.1 Å². The third kappa shape index (κ3) is 5.09. The molecule has 0 saturated carbocycles. The fraction of sp³-hybridized carbons (Fsp3) is 0.714. The number of alkyl halides is 1. The highest BCUT2D eigenvalue weighted by molar-refractivity contribution is 9.09. The van der Waals surface area contributed by atoms with Crippen LogP contribution in [0.3, 0.4) is 0 Å². The Morgan fingerprint density at radius 2 is 2.00 bits per heavy atom. The van der Waals surface area contributed by atoms with Gasteiger partial charge in [0.1, 0.15) is 5.76 Å². The van der Waals surface area contributed by atoms with E-state index < -0.39 is 0 Å². The summed E-state index contributed by atoms with van der Waals surface area (Å²) in [6.07, 6.45) is 6.93. The van der Waals surface area contributed by atoms with E-state index in [9.17, 15) is 0 Å². The minimum Gasteiger partial charge on any atom is -0.468 e. The molecule has 0 spiro atoms. The molecule has 1 nitrogen and oxygen atoms in total. The lowest BCUT2D eigenvalue weighted by Gasteiger charge is -2.31. The van der Waals surface area contributed by atoms with E-state index >= 15 is 0 Å². The molecular weight excluding hydrogens is 296 g/mol. The maximum Gasteiger partial charge on any atom is 0.113 e. The fourth-order valence-electron chi connectivity index (χ4n) is 2.27. The standard InChI is InChI=1S/C14H23BrOS/c1-3-7-14(11-15,8-4-2)12-17-10-13-6-5-9-16-13/h5-6,9H,3-4,7-8,10-12H2,1-2H3. The molecule has 1 rings (SSSR count). The van der Waals surface area contributed by atoms with Crippen LogP contribution >= 0.6 is 27.7 Å². The summed E-state index contributed by atoms with van der Waals surface area (Å²) in [5.74, 6) is 3.31. The highest BCUT2D eigenvalue weighted by Gasteiger charge is 2.26. The number of hydrogen-bond acceptors (Lipinski definition) is 2. The molecule has 1 heterocycles. The SMILES string of the molecule is CCCC(CBr)(CCC)CSCc1ccco1. The lowest BCUT2D eigenvalue weighted by molar-refractivity contribution is 0.320. The Labute approximate surface area is 118 Å². The number of halogens is 1. The van der Waals surface area contributed by atoms with Crippen LogP contribution in [0.1, 0.15) is 45.3 Å². The maximum atomic E-state index is 5.37. The number of rotatable bonds is 9. The summed E-state index contributed by atoms with van der Waals surface area (Å²) in [5, 5.41) is 1.12. The maximum absolute atomic E-state index is 5.37. The minimum absolute atomic E-state index is 0.473. The molecule has 0 unspecified atom stereocenters. The molecule has 0 amide bonds. The largest absolute Gasteiger partial charge is 0.468 e. The van der Waals surface area contributed by atoms with Gasteiger partial charge < -0.3 is 4.42 Å². The first-order valence-electron chi connectivity index (χ1n) is 6.42. The molecule has 0 saturated heterocycles. The average Bonchev–Trinajstić information content (AvgIpc) is 2.82. The Balaban J connectivity index is 2.42. The number of thioether (sulfide) groups is 1. The minimum atomic E-state index is 0.473. The van der Waals surface area contributed by atoms with Gasteiger partial charge in [-0.3, -0.25) is 0 Å². The fourth-order valence-corrected chi connectivity index (χ4v) is 4.58. The van der Waals surface area contributed by atoms with Crippen LogP contribution < -0.4 is 0 Å². The Bertz CT molecular complexity index is 278. The second kappa shape index (κ2) is 8.25. The monoisotopic (exact) mass is 318 g/mol. The predicted octanol–water partition coefficient (Wildman–Crippen LogP) is 5.49. The van der Waals surface area contributed by atoms with Gasteiger partial charge in [-0.2, -0.15) is 11.8 Å². The van der Waals surface area contributed by atoms with E-state index in [1.165, 1.54) is 31.4 Å². The van der Waals surface area contributed by atoms with Crippen LogP contribution in [-0.2, 0) is 5.75 Å². The number of furan rings is 1. The van der Waals surface area contributed by atoms with Gasteiger partial charge in [0.15, 0.2) is 0 Å². The molecule has 0 aliphatic carbocycles. The van der Waals surface area contributed by atoms with Gasteiger partial charge in [0.05, 0.1) is 12.0 Å². The van der Waals surface area contributed by atoms with Crippen molar-refractivity contribution in [1.29, 1.82) is 0 Å². The Hall–Kier alpha value is 0.110. The topological polar surface area (TPSA) is 13.1 Å². The summed E-state index contributed by atoms with van der Waals surface area (Å²) < 4.78 is 5.37. The van der Waals surface area contributed by atoms with Gasteiger partial charge in [-0.1, -0.05) is 42.6 Å². The van der Waals surface area contributed by atoms with Crippen molar-refractivity contribution in [3.05, 3.63) is 24.2 Å². The first-order valence-corrected chi connectivity index (χ1v) is 8.70. The quantitative estimate of drug-likeness (QED) is 0.558. The molecular formula is C14H23BrOS. The van der Waals surface area contributed by atoms with Crippen molar-refractivity contribution < 1.29 is 4.42 Å². The van der Waals surface area contributed by atoms with Gasteiger partial charge in [0, 0.05) is 11.1 Å².